The Bertz CT molecular complexity index is 494. The van der Waals surface area contributed by atoms with E-state index in [1.54, 1.807) is 6.08 Å². The van der Waals surface area contributed by atoms with Gasteiger partial charge >= 0.3 is 5.97 Å². The Hall–Kier alpha value is -1.42. The molecule has 0 amide bonds. The summed E-state index contributed by atoms with van der Waals surface area (Å²) in [7, 11) is 0. The smallest absolute Gasteiger partial charge is 0.303 e. The van der Waals surface area contributed by atoms with Crippen molar-refractivity contribution in [2.45, 2.75) is 90.1 Å². The molecule has 0 bridgehead atoms. The molecule has 1 aliphatic rings. The van der Waals surface area contributed by atoms with E-state index in [-0.39, 0.29) is 24.0 Å². The fraction of sp³-hybridized carbons (Fsp3) is 0.727. The van der Waals surface area contributed by atoms with Crippen LogP contribution in [0, 0.1) is 11.8 Å². The zero-order valence-corrected chi connectivity index (χ0v) is 16.5. The van der Waals surface area contributed by atoms with Crippen LogP contribution in [0.25, 0.3) is 0 Å². The van der Waals surface area contributed by atoms with E-state index in [1.165, 1.54) is 19.3 Å². The van der Waals surface area contributed by atoms with E-state index in [0.29, 0.717) is 25.7 Å². The van der Waals surface area contributed by atoms with Crippen LogP contribution in [0.5, 0.6) is 0 Å². The van der Waals surface area contributed by atoms with E-state index in [1.807, 2.05) is 25.2 Å². The number of ketones is 1. The lowest BCUT2D eigenvalue weighted by Crippen LogP contribution is -2.40. The topological polar surface area (TPSA) is 74.6 Å². The summed E-state index contributed by atoms with van der Waals surface area (Å²) in [5.74, 6) is -0.982. The van der Waals surface area contributed by atoms with Gasteiger partial charge in [-0.3, -0.25) is 9.59 Å². The molecule has 4 heteroatoms. The molecule has 1 unspecified atom stereocenters. The first-order chi connectivity index (χ1) is 12.4. The van der Waals surface area contributed by atoms with Crippen LogP contribution in [0.1, 0.15) is 84.5 Å². The van der Waals surface area contributed by atoms with Crippen molar-refractivity contribution in [3.8, 4) is 0 Å². The minimum atomic E-state index is -0.809. The van der Waals surface area contributed by atoms with Crippen molar-refractivity contribution in [1.82, 2.24) is 0 Å². The van der Waals surface area contributed by atoms with Gasteiger partial charge in [-0.05, 0) is 38.2 Å². The zero-order chi connectivity index (χ0) is 19.4. The second-order valence-corrected chi connectivity index (χ2v) is 7.51. The summed E-state index contributed by atoms with van der Waals surface area (Å²) >= 11 is 0. The largest absolute Gasteiger partial charge is 0.481 e. The van der Waals surface area contributed by atoms with Crippen molar-refractivity contribution in [2.75, 3.05) is 0 Å². The van der Waals surface area contributed by atoms with E-state index >= 15 is 0 Å². The van der Waals surface area contributed by atoms with Gasteiger partial charge in [-0.15, -0.1) is 0 Å². The summed E-state index contributed by atoms with van der Waals surface area (Å²) in [5, 5.41) is 19.8. The molecule has 0 saturated heterocycles. The third kappa shape index (κ3) is 7.45. The van der Waals surface area contributed by atoms with Gasteiger partial charge in [0.05, 0.1) is 5.60 Å². The lowest BCUT2D eigenvalue weighted by molar-refractivity contribution is -0.137. The Balaban J connectivity index is 2.54. The van der Waals surface area contributed by atoms with Crippen LogP contribution in [0.2, 0.25) is 0 Å². The van der Waals surface area contributed by atoms with E-state index < -0.39 is 11.6 Å². The van der Waals surface area contributed by atoms with Crippen LogP contribution in [-0.2, 0) is 9.59 Å². The first-order valence-corrected chi connectivity index (χ1v) is 10.3. The number of unbranched alkanes of at least 4 members (excludes halogenated alkanes) is 5. The van der Waals surface area contributed by atoms with E-state index in [9.17, 15) is 14.7 Å². The highest BCUT2D eigenvalue weighted by Crippen LogP contribution is 2.39. The number of allylic oxidation sites excluding steroid dienone is 3. The molecule has 0 fully saturated rings. The van der Waals surface area contributed by atoms with Crippen molar-refractivity contribution in [3.05, 3.63) is 24.3 Å². The molecule has 0 spiro atoms. The number of hydrogen-bond acceptors (Lipinski definition) is 3. The molecule has 0 aromatic carbocycles. The third-order valence-electron chi connectivity index (χ3n) is 5.53. The summed E-state index contributed by atoms with van der Waals surface area (Å²) < 4.78 is 0. The summed E-state index contributed by atoms with van der Waals surface area (Å²) in [6.07, 6.45) is 16.8. The average molecular weight is 365 g/mol. The van der Waals surface area contributed by atoms with Crippen molar-refractivity contribution >= 4 is 11.8 Å². The van der Waals surface area contributed by atoms with Crippen LogP contribution in [0.3, 0.4) is 0 Å². The van der Waals surface area contributed by atoms with Crippen molar-refractivity contribution in [2.24, 2.45) is 11.8 Å². The molecule has 4 nitrogen and oxygen atoms in total. The second kappa shape index (κ2) is 12.1. The Morgan fingerprint density at radius 3 is 2.54 bits per heavy atom. The van der Waals surface area contributed by atoms with Gasteiger partial charge < -0.3 is 10.2 Å². The van der Waals surface area contributed by atoms with Gasteiger partial charge in [0.15, 0.2) is 5.78 Å². The molecule has 0 aromatic heterocycles. The first kappa shape index (κ1) is 22.6. The maximum absolute atomic E-state index is 12.3. The fourth-order valence-corrected chi connectivity index (χ4v) is 3.80. The van der Waals surface area contributed by atoms with E-state index in [0.717, 1.165) is 19.3 Å². The molecule has 0 aromatic rings. The predicted molar refractivity (Wildman–Crippen MR) is 105 cm³/mol. The van der Waals surface area contributed by atoms with Gasteiger partial charge in [-0.25, -0.2) is 0 Å². The Morgan fingerprint density at radius 1 is 1.15 bits per heavy atom. The molecule has 148 valence electrons. The molecular weight excluding hydrogens is 328 g/mol. The van der Waals surface area contributed by atoms with Gasteiger partial charge in [-0.1, -0.05) is 64.2 Å². The summed E-state index contributed by atoms with van der Waals surface area (Å²) in [4.78, 5) is 22.8. The van der Waals surface area contributed by atoms with Gasteiger partial charge in [0.25, 0.3) is 0 Å². The summed E-state index contributed by atoms with van der Waals surface area (Å²) in [6.45, 7) is 4.19. The van der Waals surface area contributed by atoms with Crippen molar-refractivity contribution in [3.63, 3.8) is 0 Å². The molecular formula is C22H36O4. The number of carbonyl (C=O) groups is 2. The van der Waals surface area contributed by atoms with Crippen molar-refractivity contribution < 1.29 is 19.8 Å². The molecule has 1 aliphatic carbocycles. The van der Waals surface area contributed by atoms with Crippen LogP contribution >= 0.6 is 0 Å². The van der Waals surface area contributed by atoms with Crippen molar-refractivity contribution in [1.29, 1.82) is 0 Å². The molecule has 0 radical (unpaired) electrons. The van der Waals surface area contributed by atoms with Gasteiger partial charge in [0.1, 0.15) is 0 Å². The number of carboxylic acids is 1. The average Bonchev–Trinajstić information content (AvgIpc) is 2.98. The Labute approximate surface area is 158 Å². The minimum Gasteiger partial charge on any atom is -0.481 e. The van der Waals surface area contributed by atoms with Crippen LogP contribution < -0.4 is 0 Å². The highest BCUT2D eigenvalue weighted by atomic mass is 16.4. The molecule has 1 rings (SSSR count). The summed E-state index contributed by atoms with van der Waals surface area (Å²) in [6, 6.07) is 0. The molecule has 26 heavy (non-hydrogen) atoms. The summed E-state index contributed by atoms with van der Waals surface area (Å²) in [5.41, 5.74) is -0.809. The molecule has 2 N–H and O–H groups in total. The highest BCUT2D eigenvalue weighted by molar-refractivity contribution is 5.94. The zero-order valence-electron chi connectivity index (χ0n) is 16.5. The lowest BCUT2D eigenvalue weighted by Gasteiger charge is -2.35. The fourth-order valence-electron chi connectivity index (χ4n) is 3.80. The van der Waals surface area contributed by atoms with Crippen LogP contribution in [0.4, 0.5) is 0 Å². The number of carbonyl (C=O) groups excluding carboxylic acids is 1. The van der Waals surface area contributed by atoms with Gasteiger partial charge in [0, 0.05) is 18.3 Å². The first-order valence-electron chi connectivity index (χ1n) is 10.3. The Kier molecular flexibility index (Phi) is 10.5. The van der Waals surface area contributed by atoms with Crippen LogP contribution in [-0.4, -0.2) is 27.6 Å². The maximum Gasteiger partial charge on any atom is 0.303 e. The quantitative estimate of drug-likeness (QED) is 0.334. The SMILES string of the molecule is CCCCCCCC(O)(CC)[C@H]1C=CC(=O)[C@@H]1CC=CCCCC(=O)O. The normalized spacial score (nSPS) is 22.2. The predicted octanol–water partition coefficient (Wildman–Crippen LogP) is 5.06. The highest BCUT2D eigenvalue weighted by Gasteiger charge is 2.42. The number of rotatable bonds is 14. The standard InChI is InChI=1S/C22H36O4/c1-3-5-6-9-12-17-22(26,4-2)19-15-16-20(23)18(19)13-10-7-8-11-14-21(24)25/h7,10,15-16,18-19,26H,3-6,8-9,11-14,17H2,1-2H3,(H,24,25)/t18-,19+,22?/m1/s1. The lowest BCUT2D eigenvalue weighted by atomic mass is 9.74. The van der Waals surface area contributed by atoms with E-state index in [2.05, 4.69) is 6.92 Å². The number of aliphatic hydroxyl groups is 1. The maximum atomic E-state index is 12.3. The monoisotopic (exact) mass is 364 g/mol. The van der Waals surface area contributed by atoms with Gasteiger partial charge in [0.2, 0.25) is 0 Å². The van der Waals surface area contributed by atoms with Crippen LogP contribution in [0.15, 0.2) is 24.3 Å². The number of hydrogen-bond donors (Lipinski definition) is 2. The van der Waals surface area contributed by atoms with Gasteiger partial charge in [-0.2, -0.15) is 0 Å². The molecule has 0 saturated carbocycles. The Morgan fingerprint density at radius 2 is 1.88 bits per heavy atom. The molecule has 0 heterocycles. The minimum absolute atomic E-state index is 0.100. The van der Waals surface area contributed by atoms with E-state index in [4.69, 9.17) is 5.11 Å². The second-order valence-electron chi connectivity index (χ2n) is 7.51. The third-order valence-corrected chi connectivity index (χ3v) is 5.53. The molecule has 0 aliphatic heterocycles. The number of aliphatic carboxylic acids is 1. The molecule has 3 atom stereocenters. The number of carboxylic acid groups (broad SMARTS) is 1.